The van der Waals surface area contributed by atoms with Gasteiger partial charge in [0.15, 0.2) is 0 Å². The lowest BCUT2D eigenvalue weighted by Gasteiger charge is -2.50. The summed E-state index contributed by atoms with van der Waals surface area (Å²) in [6.07, 6.45) is -9.71. The van der Waals surface area contributed by atoms with Gasteiger partial charge in [-0.05, 0) is 31.2 Å². The van der Waals surface area contributed by atoms with Crippen molar-refractivity contribution in [1.82, 2.24) is 19.4 Å². The largest absolute Gasteiger partial charge is 0.421 e. The quantitative estimate of drug-likeness (QED) is 0.552. The van der Waals surface area contributed by atoms with Gasteiger partial charge in [0.05, 0.1) is 11.3 Å². The SMILES string of the molecule is Nc1ncc(-c2cn(C3CC4(N5CCC(F)(F)CC5)CC3C4)c([C@@H](O)C(F)(F)F)n2)cc1C(F)(F)F. The molecular weight excluding hydrogens is 502 g/mol. The third-order valence-corrected chi connectivity index (χ3v) is 7.78. The molecule has 4 fully saturated rings. The van der Waals surface area contributed by atoms with Crippen LogP contribution < -0.4 is 5.73 Å². The summed E-state index contributed by atoms with van der Waals surface area (Å²) in [4.78, 5) is 9.37. The average molecular weight is 525 g/mol. The number of aliphatic hydroxyl groups is 1. The molecule has 1 unspecified atom stereocenters. The van der Waals surface area contributed by atoms with E-state index in [1.54, 1.807) is 0 Å². The van der Waals surface area contributed by atoms with Gasteiger partial charge in [0, 0.05) is 55.5 Å². The van der Waals surface area contributed by atoms with Crippen LogP contribution in [0.3, 0.4) is 0 Å². The number of anilines is 1. The maximum Gasteiger partial charge on any atom is 0.421 e. The van der Waals surface area contributed by atoms with Crippen molar-refractivity contribution in [2.75, 3.05) is 18.8 Å². The van der Waals surface area contributed by atoms with Crippen LogP contribution in [-0.4, -0.2) is 55.3 Å². The molecule has 3 saturated carbocycles. The standard InChI is InChI=1S/C22H23F8N5O/c23-20(24)1-3-34(4-2-20)19-6-12(7-19)15(8-19)35-10-14(33-18(35)16(36)22(28,29)30)11-5-13(21(25,26)27)17(31)32-9-11/h5,9-10,12,15-16,36H,1-4,6-8H2,(H2,31,32)/t12?,15?,16-,19?/m1/s1. The molecule has 2 aromatic rings. The van der Waals surface area contributed by atoms with E-state index in [1.165, 1.54) is 10.8 Å². The topological polar surface area (TPSA) is 80.2 Å². The second-order valence-electron chi connectivity index (χ2n) is 10.00. The van der Waals surface area contributed by atoms with Crippen LogP contribution in [0.2, 0.25) is 0 Å². The molecule has 1 aliphatic heterocycles. The summed E-state index contributed by atoms with van der Waals surface area (Å²) in [6.45, 7) is 0.355. The highest BCUT2D eigenvalue weighted by atomic mass is 19.4. The zero-order chi connectivity index (χ0) is 26.3. The molecule has 2 aromatic heterocycles. The number of nitrogens with two attached hydrogens (primary N) is 1. The summed E-state index contributed by atoms with van der Waals surface area (Å²) >= 11 is 0. The Hall–Kier alpha value is -2.48. The molecule has 14 heteroatoms. The molecule has 3 N–H and O–H groups in total. The number of rotatable bonds is 4. The smallest absolute Gasteiger partial charge is 0.383 e. The van der Waals surface area contributed by atoms with Gasteiger partial charge in [-0.2, -0.15) is 26.3 Å². The third kappa shape index (κ3) is 4.21. The highest BCUT2D eigenvalue weighted by molar-refractivity contribution is 5.62. The minimum Gasteiger partial charge on any atom is -0.383 e. The first kappa shape index (κ1) is 25.2. The van der Waals surface area contributed by atoms with Crippen LogP contribution in [0, 0.1) is 5.92 Å². The number of aromatic nitrogens is 3. The Balaban J connectivity index is 1.49. The van der Waals surface area contributed by atoms with Crippen LogP contribution in [0.25, 0.3) is 11.3 Å². The molecule has 6 nitrogen and oxygen atoms in total. The molecule has 0 amide bonds. The van der Waals surface area contributed by atoms with Crippen molar-refractivity contribution in [3.8, 4) is 11.3 Å². The highest BCUT2D eigenvalue weighted by Gasteiger charge is 2.61. The Morgan fingerprint density at radius 1 is 1.06 bits per heavy atom. The molecule has 2 bridgehead atoms. The van der Waals surface area contributed by atoms with Crippen LogP contribution in [0.15, 0.2) is 18.5 Å². The summed E-state index contributed by atoms with van der Waals surface area (Å²) in [7, 11) is 0. The molecule has 0 radical (unpaired) electrons. The molecular formula is C22H23F8N5O. The van der Waals surface area contributed by atoms with Crippen LogP contribution in [0.4, 0.5) is 40.9 Å². The number of piperidine rings is 1. The number of hydrogen-bond acceptors (Lipinski definition) is 5. The molecule has 0 aromatic carbocycles. The molecule has 2 atom stereocenters. The van der Waals surface area contributed by atoms with Gasteiger partial charge in [0.25, 0.3) is 5.92 Å². The van der Waals surface area contributed by atoms with Crippen LogP contribution in [0.1, 0.15) is 55.6 Å². The van der Waals surface area contributed by atoms with Gasteiger partial charge in [-0.25, -0.2) is 18.7 Å². The number of imidazole rings is 1. The predicted molar refractivity (Wildman–Crippen MR) is 111 cm³/mol. The Bertz CT molecular complexity index is 1140. The van der Waals surface area contributed by atoms with E-state index in [4.69, 9.17) is 5.73 Å². The van der Waals surface area contributed by atoms with E-state index in [0.29, 0.717) is 25.3 Å². The fraction of sp³-hybridized carbons (Fsp3) is 0.636. The number of hydrogen-bond donors (Lipinski definition) is 2. The van der Waals surface area contributed by atoms with Crippen molar-refractivity contribution in [1.29, 1.82) is 0 Å². The first-order chi connectivity index (χ1) is 16.6. The second kappa shape index (κ2) is 8.01. The van der Waals surface area contributed by atoms with E-state index >= 15 is 0 Å². The van der Waals surface area contributed by atoms with Crippen molar-refractivity contribution >= 4 is 5.82 Å². The van der Waals surface area contributed by atoms with Crippen molar-refractivity contribution in [3.63, 3.8) is 0 Å². The fourth-order valence-electron chi connectivity index (χ4n) is 5.94. The number of likely N-dealkylation sites (tertiary alicyclic amines) is 1. The van der Waals surface area contributed by atoms with Gasteiger partial charge in [-0.1, -0.05) is 0 Å². The number of halogens is 8. The first-order valence-corrected chi connectivity index (χ1v) is 11.4. The van der Waals surface area contributed by atoms with Gasteiger partial charge in [0.2, 0.25) is 6.10 Å². The number of aliphatic hydroxyl groups excluding tert-OH is 1. The molecule has 4 aliphatic rings. The van der Waals surface area contributed by atoms with Gasteiger partial charge >= 0.3 is 12.4 Å². The monoisotopic (exact) mass is 525 g/mol. The lowest BCUT2D eigenvalue weighted by atomic mass is 9.74. The molecule has 3 heterocycles. The van der Waals surface area contributed by atoms with Crippen molar-refractivity contribution in [3.05, 3.63) is 29.8 Å². The fourth-order valence-corrected chi connectivity index (χ4v) is 5.94. The minimum atomic E-state index is -5.06. The predicted octanol–water partition coefficient (Wildman–Crippen LogP) is 4.97. The van der Waals surface area contributed by atoms with Crippen LogP contribution in [-0.2, 0) is 6.18 Å². The lowest BCUT2D eigenvalue weighted by molar-refractivity contribution is -0.210. The lowest BCUT2D eigenvalue weighted by Crippen LogP contribution is -2.56. The third-order valence-electron chi connectivity index (χ3n) is 7.78. The van der Waals surface area contributed by atoms with Gasteiger partial charge in [0.1, 0.15) is 11.6 Å². The number of fused-ring (bicyclic) bond motifs is 1. The zero-order valence-electron chi connectivity index (χ0n) is 18.8. The van der Waals surface area contributed by atoms with E-state index in [1.807, 2.05) is 4.90 Å². The van der Waals surface area contributed by atoms with Gasteiger partial charge in [-0.3, -0.25) is 4.90 Å². The molecule has 198 valence electrons. The second-order valence-corrected chi connectivity index (χ2v) is 10.00. The van der Waals surface area contributed by atoms with Gasteiger partial charge < -0.3 is 15.4 Å². The summed E-state index contributed by atoms with van der Waals surface area (Å²) in [5.41, 5.74) is 3.22. The Morgan fingerprint density at radius 2 is 1.69 bits per heavy atom. The Kier molecular flexibility index (Phi) is 5.60. The van der Waals surface area contributed by atoms with Crippen molar-refractivity contribution in [2.45, 2.75) is 68.1 Å². The zero-order valence-corrected chi connectivity index (χ0v) is 18.8. The first-order valence-electron chi connectivity index (χ1n) is 11.4. The minimum absolute atomic E-state index is 0.0797. The normalized spacial score (nSPS) is 29.2. The van der Waals surface area contributed by atoms with Crippen LogP contribution in [0.5, 0.6) is 0 Å². The summed E-state index contributed by atoms with van der Waals surface area (Å²) in [5.74, 6) is -4.34. The van der Waals surface area contributed by atoms with E-state index < -0.39 is 53.2 Å². The summed E-state index contributed by atoms with van der Waals surface area (Å²) in [5, 5.41) is 10.0. The number of pyridine rings is 1. The maximum absolute atomic E-state index is 13.6. The van der Waals surface area contributed by atoms with E-state index in [9.17, 15) is 40.2 Å². The average Bonchev–Trinajstić information content (AvgIpc) is 3.43. The van der Waals surface area contributed by atoms with E-state index in [-0.39, 0.29) is 43.1 Å². The molecule has 36 heavy (non-hydrogen) atoms. The Labute approximate surface area is 200 Å². The highest BCUT2D eigenvalue weighted by Crippen LogP contribution is 2.62. The maximum atomic E-state index is 13.6. The number of nitrogens with zero attached hydrogens (tertiary/aromatic N) is 4. The van der Waals surface area contributed by atoms with Crippen LogP contribution >= 0.6 is 0 Å². The van der Waals surface area contributed by atoms with E-state index in [2.05, 4.69) is 9.97 Å². The molecule has 0 spiro atoms. The van der Waals surface area contributed by atoms with Crippen molar-refractivity contribution in [2.24, 2.45) is 5.92 Å². The Morgan fingerprint density at radius 3 is 2.28 bits per heavy atom. The summed E-state index contributed by atoms with van der Waals surface area (Å²) < 4.78 is 109. The van der Waals surface area contributed by atoms with Crippen molar-refractivity contribution < 1.29 is 40.2 Å². The number of nitrogen functional groups attached to an aromatic ring is 1. The molecule has 6 rings (SSSR count). The summed E-state index contributed by atoms with van der Waals surface area (Å²) in [6, 6.07) is 0.132. The number of alkyl halides is 8. The molecule has 1 saturated heterocycles. The van der Waals surface area contributed by atoms with Gasteiger partial charge in [-0.15, -0.1) is 0 Å². The molecule has 3 aliphatic carbocycles. The van der Waals surface area contributed by atoms with E-state index in [0.717, 1.165) is 6.20 Å².